The number of aliphatic hydroxyl groups excluding tert-OH is 1. The van der Waals surface area contributed by atoms with Gasteiger partial charge in [-0.25, -0.2) is 0 Å². The molecule has 0 fully saturated rings. The van der Waals surface area contributed by atoms with E-state index >= 15 is 0 Å². The molecule has 0 spiro atoms. The lowest BCUT2D eigenvalue weighted by atomic mass is 10.0. The fraction of sp³-hybridized carbons (Fsp3) is 0.333. The average Bonchev–Trinajstić information content (AvgIpc) is 2.88. The van der Waals surface area contributed by atoms with E-state index in [0.717, 1.165) is 11.3 Å². The summed E-state index contributed by atoms with van der Waals surface area (Å²) in [5.41, 5.74) is 2.41. The fourth-order valence-corrected chi connectivity index (χ4v) is 3.66. The summed E-state index contributed by atoms with van der Waals surface area (Å²) >= 11 is 0. The van der Waals surface area contributed by atoms with Gasteiger partial charge in [0.25, 0.3) is 0 Å². The average molecular weight is 325 g/mol. The predicted molar refractivity (Wildman–Crippen MR) is 97.1 cm³/mol. The SMILES string of the molecule is CCn1nc(C)cc1/C(O)=C(\C#N)c1ccc([Si](C)(C)C)cc1. The van der Waals surface area contributed by atoms with Gasteiger partial charge in [-0.2, -0.15) is 10.4 Å². The summed E-state index contributed by atoms with van der Waals surface area (Å²) in [5.74, 6) is -0.0179. The summed E-state index contributed by atoms with van der Waals surface area (Å²) in [7, 11) is -1.38. The van der Waals surface area contributed by atoms with Crippen molar-refractivity contribution in [3.63, 3.8) is 0 Å². The number of hydrogen-bond acceptors (Lipinski definition) is 3. The largest absolute Gasteiger partial charge is 0.504 e. The molecule has 120 valence electrons. The molecule has 0 atom stereocenters. The van der Waals surface area contributed by atoms with Crippen molar-refractivity contribution in [1.29, 1.82) is 5.26 Å². The standard InChI is InChI=1S/C18H23N3OSi/c1-6-21-17(11-13(2)20-21)18(22)16(12-19)14-7-9-15(10-8-14)23(3,4)5/h7-11,22H,6H2,1-5H3/b18-16-. The molecular formula is C18H23N3OSi. The van der Waals surface area contributed by atoms with E-state index in [1.807, 2.05) is 26.0 Å². The lowest BCUT2D eigenvalue weighted by Gasteiger charge is -2.16. The lowest BCUT2D eigenvalue weighted by Crippen LogP contribution is -2.37. The molecule has 1 aromatic heterocycles. The highest BCUT2D eigenvalue weighted by Crippen LogP contribution is 2.24. The maximum absolute atomic E-state index is 10.6. The fourth-order valence-electron chi connectivity index (χ4n) is 2.50. The molecule has 2 rings (SSSR count). The first kappa shape index (κ1) is 17.0. The van der Waals surface area contributed by atoms with Gasteiger partial charge in [0.1, 0.15) is 17.3 Å². The third-order valence-corrected chi connectivity index (χ3v) is 5.90. The molecule has 0 amide bonds. The summed E-state index contributed by atoms with van der Waals surface area (Å²) in [5, 5.41) is 25.8. The van der Waals surface area contributed by atoms with Gasteiger partial charge in [0.05, 0.1) is 13.8 Å². The molecule has 0 aliphatic carbocycles. The summed E-state index contributed by atoms with van der Waals surface area (Å²) in [6.45, 7) is 11.3. The van der Waals surface area contributed by atoms with Gasteiger partial charge in [-0.3, -0.25) is 4.68 Å². The minimum atomic E-state index is -1.38. The van der Waals surface area contributed by atoms with E-state index in [2.05, 4.69) is 42.9 Å². The maximum Gasteiger partial charge on any atom is 0.159 e. The number of nitrogens with zero attached hydrogens (tertiary/aromatic N) is 3. The summed E-state index contributed by atoms with van der Waals surface area (Å²) in [6, 6.07) is 11.9. The molecule has 23 heavy (non-hydrogen) atoms. The van der Waals surface area contributed by atoms with Gasteiger partial charge >= 0.3 is 0 Å². The highest BCUT2D eigenvalue weighted by Gasteiger charge is 2.18. The van der Waals surface area contributed by atoms with Gasteiger partial charge in [0.2, 0.25) is 0 Å². The Kier molecular flexibility index (Phi) is 4.76. The molecule has 0 bridgehead atoms. The molecule has 1 heterocycles. The molecule has 0 aliphatic rings. The van der Waals surface area contributed by atoms with Crippen molar-refractivity contribution in [3.8, 4) is 6.07 Å². The Hall–Kier alpha value is -2.32. The van der Waals surface area contributed by atoms with Crippen LogP contribution < -0.4 is 5.19 Å². The maximum atomic E-state index is 10.6. The van der Waals surface area contributed by atoms with Crippen LogP contribution in [0.5, 0.6) is 0 Å². The van der Waals surface area contributed by atoms with Crippen molar-refractivity contribution < 1.29 is 5.11 Å². The van der Waals surface area contributed by atoms with Crippen molar-refractivity contribution >= 4 is 24.6 Å². The Morgan fingerprint density at radius 1 is 1.26 bits per heavy atom. The quantitative estimate of drug-likeness (QED) is 0.529. The summed E-state index contributed by atoms with van der Waals surface area (Å²) in [4.78, 5) is 0. The number of aryl methyl sites for hydroxylation is 2. The molecule has 1 aromatic carbocycles. The van der Waals surface area contributed by atoms with Crippen molar-refractivity contribution in [2.75, 3.05) is 0 Å². The van der Waals surface area contributed by atoms with Crippen molar-refractivity contribution in [2.45, 2.75) is 40.0 Å². The van der Waals surface area contributed by atoms with E-state index in [9.17, 15) is 10.4 Å². The van der Waals surface area contributed by atoms with Crippen LogP contribution in [0.15, 0.2) is 30.3 Å². The summed E-state index contributed by atoms with van der Waals surface area (Å²) < 4.78 is 1.71. The molecular weight excluding hydrogens is 302 g/mol. The Labute approximate surface area is 138 Å². The zero-order chi connectivity index (χ0) is 17.2. The van der Waals surface area contributed by atoms with E-state index < -0.39 is 8.07 Å². The smallest absolute Gasteiger partial charge is 0.159 e. The van der Waals surface area contributed by atoms with Crippen LogP contribution in [0.25, 0.3) is 11.3 Å². The predicted octanol–water partition coefficient (Wildman–Crippen LogP) is 3.71. The van der Waals surface area contributed by atoms with Gasteiger partial charge in [0, 0.05) is 6.54 Å². The van der Waals surface area contributed by atoms with Crippen LogP contribution in [0, 0.1) is 18.3 Å². The summed E-state index contributed by atoms with van der Waals surface area (Å²) in [6.07, 6.45) is 0. The number of rotatable bonds is 4. The van der Waals surface area contributed by atoms with E-state index in [4.69, 9.17) is 0 Å². The Balaban J connectivity index is 2.52. The third kappa shape index (κ3) is 3.54. The molecule has 4 nitrogen and oxygen atoms in total. The van der Waals surface area contributed by atoms with E-state index in [1.54, 1.807) is 10.7 Å². The number of aromatic nitrogens is 2. The van der Waals surface area contributed by atoms with Crippen molar-refractivity contribution in [1.82, 2.24) is 9.78 Å². The zero-order valence-corrected chi connectivity index (χ0v) is 15.4. The van der Waals surface area contributed by atoms with Crippen LogP contribution in [0.4, 0.5) is 0 Å². The van der Waals surface area contributed by atoms with Crippen LogP contribution in [0.1, 0.15) is 23.9 Å². The first-order valence-corrected chi connectivity index (χ1v) is 11.3. The van der Waals surface area contributed by atoms with Crippen LogP contribution >= 0.6 is 0 Å². The first-order chi connectivity index (χ1) is 10.8. The van der Waals surface area contributed by atoms with Gasteiger partial charge in [-0.1, -0.05) is 49.1 Å². The molecule has 0 unspecified atom stereocenters. The number of hydrogen-bond donors (Lipinski definition) is 1. The third-order valence-electron chi connectivity index (χ3n) is 3.83. The van der Waals surface area contributed by atoms with Crippen LogP contribution in [0.2, 0.25) is 19.6 Å². The molecule has 0 aliphatic heterocycles. The van der Waals surface area contributed by atoms with Crippen LogP contribution in [-0.4, -0.2) is 23.0 Å². The first-order valence-electron chi connectivity index (χ1n) is 7.77. The second-order valence-electron chi connectivity index (χ2n) is 6.65. The van der Waals surface area contributed by atoms with Gasteiger partial charge in [-0.15, -0.1) is 0 Å². The Bertz CT molecular complexity index is 774. The van der Waals surface area contributed by atoms with Gasteiger partial charge in [-0.05, 0) is 25.5 Å². The highest BCUT2D eigenvalue weighted by molar-refractivity contribution is 6.88. The minimum absolute atomic E-state index is 0.0179. The molecule has 0 saturated heterocycles. The zero-order valence-electron chi connectivity index (χ0n) is 14.4. The normalized spacial score (nSPS) is 12.7. The second-order valence-corrected chi connectivity index (χ2v) is 11.7. The Morgan fingerprint density at radius 2 is 1.87 bits per heavy atom. The molecule has 1 N–H and O–H groups in total. The monoisotopic (exact) mass is 325 g/mol. The minimum Gasteiger partial charge on any atom is -0.504 e. The van der Waals surface area contributed by atoms with Crippen molar-refractivity contribution in [2.24, 2.45) is 0 Å². The van der Waals surface area contributed by atoms with E-state index in [0.29, 0.717) is 12.2 Å². The topological polar surface area (TPSA) is 61.8 Å². The van der Waals surface area contributed by atoms with Gasteiger partial charge in [0.15, 0.2) is 5.76 Å². The Morgan fingerprint density at radius 3 is 2.35 bits per heavy atom. The lowest BCUT2D eigenvalue weighted by molar-refractivity contribution is 0.497. The van der Waals surface area contributed by atoms with E-state index in [1.165, 1.54) is 5.19 Å². The number of benzene rings is 1. The number of aliphatic hydroxyl groups is 1. The molecule has 0 saturated carbocycles. The highest BCUT2D eigenvalue weighted by atomic mass is 28.3. The second kappa shape index (κ2) is 6.43. The number of nitriles is 1. The van der Waals surface area contributed by atoms with Gasteiger partial charge < -0.3 is 5.11 Å². The van der Waals surface area contributed by atoms with Crippen molar-refractivity contribution in [3.05, 3.63) is 47.3 Å². The molecule has 2 aromatic rings. The van der Waals surface area contributed by atoms with E-state index in [-0.39, 0.29) is 11.3 Å². The number of allylic oxidation sites excluding steroid dienone is 1. The molecule has 0 radical (unpaired) electrons. The molecule has 5 heteroatoms. The van der Waals surface area contributed by atoms with Crippen LogP contribution in [-0.2, 0) is 6.54 Å². The van der Waals surface area contributed by atoms with Crippen LogP contribution in [0.3, 0.4) is 0 Å².